The van der Waals surface area contributed by atoms with E-state index in [1.165, 1.54) is 0 Å². The standard InChI is InChI=1S/C21H38N2O5SSi/c1-17(2)23(19(24)27-20(3,4)5)29(25,26)22(16-18-14-12-11-13-15-18)28-30(9,10)21(6,7)8/h11-15,17H,16H2,1-10H3. The van der Waals surface area contributed by atoms with Gasteiger partial charge in [-0.25, -0.2) is 4.79 Å². The number of amides is 1. The zero-order chi connectivity index (χ0) is 23.5. The maximum atomic E-state index is 13.7. The molecule has 172 valence electrons. The van der Waals surface area contributed by atoms with Crippen LogP contribution in [0, 0.1) is 0 Å². The SMILES string of the molecule is CC(C)N(C(=O)OC(C)(C)C)S(=O)(=O)N(Cc1ccccc1)O[Si](C)(C)C(C)(C)C. The van der Waals surface area contributed by atoms with E-state index in [0.29, 0.717) is 0 Å². The van der Waals surface area contributed by atoms with Gasteiger partial charge in [-0.1, -0.05) is 55.6 Å². The highest BCUT2D eigenvalue weighted by atomic mass is 32.2. The molecule has 30 heavy (non-hydrogen) atoms. The topological polar surface area (TPSA) is 76.2 Å². The fourth-order valence-electron chi connectivity index (χ4n) is 2.26. The molecular weight excluding hydrogens is 420 g/mol. The monoisotopic (exact) mass is 458 g/mol. The molecule has 0 saturated heterocycles. The zero-order valence-electron chi connectivity index (χ0n) is 20.0. The summed E-state index contributed by atoms with van der Waals surface area (Å²) in [6.07, 6.45) is -0.922. The van der Waals surface area contributed by atoms with Crippen molar-refractivity contribution in [1.82, 2.24) is 8.77 Å². The van der Waals surface area contributed by atoms with Gasteiger partial charge in [-0.3, -0.25) is 0 Å². The van der Waals surface area contributed by atoms with Crippen molar-refractivity contribution in [3.8, 4) is 0 Å². The smallest absolute Gasteiger partial charge is 0.425 e. The second-order valence-corrected chi connectivity index (χ2v) is 16.6. The molecule has 0 saturated carbocycles. The quantitative estimate of drug-likeness (QED) is 0.408. The van der Waals surface area contributed by atoms with Crippen molar-refractivity contribution in [3.05, 3.63) is 35.9 Å². The first-order valence-electron chi connectivity index (χ1n) is 10.2. The van der Waals surface area contributed by atoms with Gasteiger partial charge in [0.2, 0.25) is 8.32 Å². The average Bonchev–Trinajstić information content (AvgIpc) is 2.51. The molecule has 0 bridgehead atoms. The number of carbonyl (C=O) groups excluding carboxylic acids is 1. The summed E-state index contributed by atoms with van der Waals surface area (Å²) in [6, 6.07) is 8.53. The van der Waals surface area contributed by atoms with Gasteiger partial charge in [-0.2, -0.15) is 12.7 Å². The number of nitrogens with zero attached hydrogens (tertiary/aromatic N) is 2. The van der Waals surface area contributed by atoms with Crippen molar-refractivity contribution in [2.45, 2.75) is 91.7 Å². The van der Waals surface area contributed by atoms with Gasteiger partial charge >= 0.3 is 16.3 Å². The van der Waals surface area contributed by atoms with E-state index in [4.69, 9.17) is 9.26 Å². The van der Waals surface area contributed by atoms with Gasteiger partial charge in [0.25, 0.3) is 0 Å². The largest absolute Gasteiger partial charge is 0.443 e. The van der Waals surface area contributed by atoms with Crippen LogP contribution in [0.15, 0.2) is 30.3 Å². The molecule has 7 nitrogen and oxygen atoms in total. The lowest BCUT2D eigenvalue weighted by molar-refractivity contribution is -0.00385. The highest BCUT2D eigenvalue weighted by Crippen LogP contribution is 2.38. The first-order chi connectivity index (χ1) is 13.4. The van der Waals surface area contributed by atoms with Gasteiger partial charge in [0, 0.05) is 6.04 Å². The minimum atomic E-state index is -4.32. The van der Waals surface area contributed by atoms with Gasteiger partial charge in [0.1, 0.15) is 5.60 Å². The lowest BCUT2D eigenvalue weighted by atomic mass is 10.2. The minimum absolute atomic E-state index is 0.0122. The highest BCUT2D eigenvalue weighted by molar-refractivity contribution is 7.87. The maximum Gasteiger partial charge on any atom is 0.425 e. The zero-order valence-corrected chi connectivity index (χ0v) is 21.8. The van der Waals surface area contributed by atoms with Crippen LogP contribution in [0.1, 0.15) is 61.0 Å². The van der Waals surface area contributed by atoms with Gasteiger partial charge in [0.05, 0.1) is 6.54 Å². The Balaban J connectivity index is 3.44. The number of hydroxylamine groups is 1. The molecule has 1 aromatic carbocycles. The summed E-state index contributed by atoms with van der Waals surface area (Å²) in [4.78, 5) is 12.8. The predicted molar refractivity (Wildman–Crippen MR) is 122 cm³/mol. The molecule has 1 rings (SSSR count). The summed E-state index contributed by atoms with van der Waals surface area (Å²) in [5, 5.41) is -0.230. The lowest BCUT2D eigenvalue weighted by Crippen LogP contribution is -2.55. The Bertz CT molecular complexity index is 812. The van der Waals surface area contributed by atoms with Crippen LogP contribution in [0.3, 0.4) is 0 Å². The summed E-state index contributed by atoms with van der Waals surface area (Å²) in [5.41, 5.74) is -0.0720. The Morgan fingerprint density at radius 2 is 1.53 bits per heavy atom. The van der Waals surface area contributed by atoms with Gasteiger partial charge in [-0.15, -0.1) is 0 Å². The molecule has 0 unspecified atom stereocenters. The van der Waals surface area contributed by atoms with Crippen LogP contribution in [-0.2, 0) is 26.0 Å². The number of hydrogen-bond donors (Lipinski definition) is 0. The lowest BCUT2D eigenvalue weighted by Gasteiger charge is -2.41. The fourth-order valence-corrected chi connectivity index (χ4v) is 5.31. The molecule has 1 aromatic rings. The molecule has 0 atom stereocenters. The Hall–Kier alpha value is -1.42. The number of hydrogen-bond acceptors (Lipinski definition) is 5. The molecule has 0 heterocycles. The van der Waals surface area contributed by atoms with Crippen molar-refractivity contribution in [2.75, 3.05) is 0 Å². The van der Waals surface area contributed by atoms with E-state index < -0.39 is 36.3 Å². The number of benzene rings is 1. The first-order valence-corrected chi connectivity index (χ1v) is 14.5. The van der Waals surface area contributed by atoms with Crippen LogP contribution in [-0.4, -0.2) is 43.2 Å². The van der Waals surface area contributed by atoms with Gasteiger partial charge < -0.3 is 9.26 Å². The number of rotatable bonds is 7. The molecule has 0 spiro atoms. The van der Waals surface area contributed by atoms with Gasteiger partial charge in [0.15, 0.2) is 0 Å². The molecule has 0 aliphatic rings. The minimum Gasteiger partial charge on any atom is -0.443 e. The van der Waals surface area contributed by atoms with E-state index >= 15 is 0 Å². The van der Waals surface area contributed by atoms with Crippen LogP contribution in [0.2, 0.25) is 18.1 Å². The molecule has 0 aromatic heterocycles. The second kappa shape index (κ2) is 9.38. The van der Waals surface area contributed by atoms with Crippen LogP contribution >= 0.6 is 0 Å². The summed E-state index contributed by atoms with van der Waals surface area (Å²) >= 11 is 0. The molecule has 9 heteroatoms. The Morgan fingerprint density at radius 1 is 1.03 bits per heavy atom. The van der Waals surface area contributed by atoms with E-state index in [2.05, 4.69) is 0 Å². The van der Waals surface area contributed by atoms with Crippen LogP contribution in [0.4, 0.5) is 4.79 Å². The van der Waals surface area contributed by atoms with Crippen LogP contribution < -0.4 is 0 Å². The molecular formula is C21H38N2O5SSi. The highest BCUT2D eigenvalue weighted by Gasteiger charge is 2.45. The third kappa shape index (κ3) is 7.07. The molecule has 0 radical (unpaired) electrons. The third-order valence-electron chi connectivity index (χ3n) is 4.84. The molecule has 0 N–H and O–H groups in total. The fraction of sp³-hybridized carbons (Fsp3) is 0.667. The Kier molecular flexibility index (Phi) is 8.32. The third-order valence-corrected chi connectivity index (χ3v) is 11.0. The molecule has 1 amide bonds. The number of carbonyl (C=O) groups is 1. The summed E-state index contributed by atoms with van der Waals surface area (Å²) in [5.74, 6) is 0. The predicted octanol–water partition coefficient (Wildman–Crippen LogP) is 5.32. The Labute approximate surface area is 183 Å². The van der Waals surface area contributed by atoms with Gasteiger partial charge in [-0.05, 0) is 58.3 Å². The van der Waals surface area contributed by atoms with E-state index in [1.54, 1.807) is 34.6 Å². The van der Waals surface area contributed by atoms with Crippen LogP contribution in [0.5, 0.6) is 0 Å². The second-order valence-electron chi connectivity index (χ2n) is 10.2. The van der Waals surface area contributed by atoms with Crippen molar-refractivity contribution in [1.29, 1.82) is 0 Å². The summed E-state index contributed by atoms with van der Waals surface area (Å²) in [7, 11) is -6.85. The average molecular weight is 459 g/mol. The van der Waals surface area contributed by atoms with E-state index in [9.17, 15) is 13.2 Å². The maximum absolute atomic E-state index is 13.7. The number of ether oxygens (including phenoxy) is 1. The van der Waals surface area contributed by atoms with Crippen molar-refractivity contribution < 1.29 is 22.5 Å². The molecule has 0 aliphatic heterocycles. The van der Waals surface area contributed by atoms with Crippen molar-refractivity contribution in [2.24, 2.45) is 0 Å². The van der Waals surface area contributed by atoms with E-state index in [0.717, 1.165) is 14.3 Å². The molecule has 0 aliphatic carbocycles. The molecule has 0 fully saturated rings. The van der Waals surface area contributed by atoms with Crippen molar-refractivity contribution >= 4 is 24.6 Å². The first kappa shape index (κ1) is 26.6. The Morgan fingerprint density at radius 3 is 1.93 bits per heavy atom. The normalized spacial score (nSPS) is 13.6. The van der Waals surface area contributed by atoms with E-state index in [1.807, 2.05) is 64.2 Å². The summed E-state index contributed by atoms with van der Waals surface area (Å²) in [6.45, 7) is 18.4. The van der Waals surface area contributed by atoms with Crippen LogP contribution in [0.25, 0.3) is 0 Å². The van der Waals surface area contributed by atoms with Crippen molar-refractivity contribution in [3.63, 3.8) is 0 Å². The van der Waals surface area contributed by atoms with E-state index in [-0.39, 0.29) is 11.6 Å². The summed E-state index contributed by atoms with van der Waals surface area (Å²) < 4.78 is 40.6.